The van der Waals surface area contributed by atoms with Crippen molar-refractivity contribution in [2.75, 3.05) is 19.8 Å². The van der Waals surface area contributed by atoms with Crippen LogP contribution >= 0.6 is 0 Å². The summed E-state index contributed by atoms with van der Waals surface area (Å²) in [5, 5.41) is 1.10. The maximum atomic E-state index is 10.3. The van der Waals surface area contributed by atoms with Crippen molar-refractivity contribution in [3.05, 3.63) is 30.3 Å². The van der Waals surface area contributed by atoms with Crippen molar-refractivity contribution in [1.29, 1.82) is 0 Å². The molecule has 1 aromatic rings. The van der Waals surface area contributed by atoms with Crippen LogP contribution in [0.2, 0.25) is 6.04 Å². The number of hydrogen-bond donors (Lipinski definition) is 0. The zero-order chi connectivity index (χ0) is 14.7. The van der Waals surface area contributed by atoms with Gasteiger partial charge in [0.05, 0.1) is 6.54 Å². The van der Waals surface area contributed by atoms with Crippen LogP contribution in [0.1, 0.15) is 26.7 Å². The number of nitrogens with zero attached hydrogens (tertiary/aromatic N) is 1. The van der Waals surface area contributed by atoms with Gasteiger partial charge < -0.3 is 8.85 Å². The fraction of sp³-hybridized carbons (Fsp3) is 0.533. The van der Waals surface area contributed by atoms with Gasteiger partial charge in [0.15, 0.2) is 0 Å². The average molecular weight is 293 g/mol. The summed E-state index contributed by atoms with van der Waals surface area (Å²) in [4.78, 5) is 14.0. The topological polar surface area (TPSA) is 47.9 Å². The first-order valence-electron chi connectivity index (χ1n) is 7.16. The van der Waals surface area contributed by atoms with E-state index in [1.807, 2.05) is 30.3 Å². The second kappa shape index (κ2) is 9.61. The van der Waals surface area contributed by atoms with Gasteiger partial charge in [0.1, 0.15) is 0 Å². The summed E-state index contributed by atoms with van der Waals surface area (Å²) < 4.78 is 12.3. The van der Waals surface area contributed by atoms with Crippen LogP contribution in [0, 0.1) is 0 Å². The lowest BCUT2D eigenvalue weighted by Gasteiger charge is -2.30. The Bertz CT molecular complexity index is 410. The quantitative estimate of drug-likeness (QED) is 0.378. The van der Waals surface area contributed by atoms with Crippen LogP contribution < -0.4 is 5.19 Å². The molecule has 0 aliphatic rings. The van der Waals surface area contributed by atoms with Crippen LogP contribution in [0.25, 0.3) is 0 Å². The molecule has 0 saturated carbocycles. The molecule has 1 aromatic carbocycles. The predicted octanol–water partition coefficient (Wildman–Crippen LogP) is 2.52. The predicted molar refractivity (Wildman–Crippen MR) is 82.1 cm³/mol. The lowest BCUT2D eigenvalue weighted by atomic mass is 10.4. The van der Waals surface area contributed by atoms with Crippen LogP contribution in [-0.2, 0) is 13.6 Å². The Balaban J connectivity index is 2.99. The first-order valence-corrected chi connectivity index (χ1v) is 9.18. The third-order valence-corrected chi connectivity index (χ3v) is 6.35. The Labute approximate surface area is 122 Å². The number of isocyanates is 1. The van der Waals surface area contributed by atoms with Gasteiger partial charge in [0.25, 0.3) is 0 Å². The van der Waals surface area contributed by atoms with E-state index in [9.17, 15) is 4.79 Å². The van der Waals surface area contributed by atoms with Crippen molar-refractivity contribution in [2.24, 2.45) is 4.99 Å². The maximum Gasteiger partial charge on any atom is 0.374 e. The Hall–Kier alpha value is -1.26. The van der Waals surface area contributed by atoms with E-state index in [4.69, 9.17) is 8.85 Å². The summed E-state index contributed by atoms with van der Waals surface area (Å²) in [6.45, 7) is 5.88. The fourth-order valence-electron chi connectivity index (χ4n) is 1.97. The molecule has 0 N–H and O–H groups in total. The van der Waals surface area contributed by atoms with Crippen LogP contribution in [0.5, 0.6) is 0 Å². The van der Waals surface area contributed by atoms with Crippen molar-refractivity contribution in [2.45, 2.75) is 32.7 Å². The Morgan fingerprint density at radius 2 is 1.70 bits per heavy atom. The molecule has 0 bridgehead atoms. The van der Waals surface area contributed by atoms with Gasteiger partial charge in [0.2, 0.25) is 6.08 Å². The van der Waals surface area contributed by atoms with Crippen molar-refractivity contribution in [3.63, 3.8) is 0 Å². The molecule has 20 heavy (non-hydrogen) atoms. The highest BCUT2D eigenvalue weighted by molar-refractivity contribution is 6.81. The average Bonchev–Trinajstić information content (AvgIpc) is 2.51. The van der Waals surface area contributed by atoms with Crippen molar-refractivity contribution >= 4 is 19.8 Å². The highest BCUT2D eigenvalue weighted by atomic mass is 28.4. The highest BCUT2D eigenvalue weighted by Gasteiger charge is 2.39. The summed E-state index contributed by atoms with van der Waals surface area (Å²) in [5.41, 5.74) is 0. The largest absolute Gasteiger partial charge is 0.391 e. The molecular formula is C15H23NO3Si. The third-order valence-electron chi connectivity index (χ3n) is 2.91. The molecule has 0 aliphatic carbocycles. The van der Waals surface area contributed by atoms with Crippen LogP contribution in [0.4, 0.5) is 0 Å². The van der Waals surface area contributed by atoms with E-state index in [1.165, 1.54) is 0 Å². The molecule has 1 rings (SSSR count). The summed E-state index contributed by atoms with van der Waals surface area (Å²) >= 11 is 0. The first-order chi connectivity index (χ1) is 9.79. The molecule has 0 atom stereocenters. The van der Waals surface area contributed by atoms with E-state index in [2.05, 4.69) is 18.8 Å². The standard InChI is InChI=1S/C15H23NO3Si/c1-3-11-18-20(19-12-4-2,13-10-16-14-17)15-8-6-5-7-9-15/h5-9H,3-4,10-13H2,1-2H3. The molecule has 0 aromatic heterocycles. The maximum absolute atomic E-state index is 10.3. The number of rotatable bonds is 10. The lowest BCUT2D eigenvalue weighted by molar-refractivity contribution is 0.180. The molecule has 0 spiro atoms. The van der Waals surface area contributed by atoms with Crippen LogP contribution in [0.3, 0.4) is 0 Å². The van der Waals surface area contributed by atoms with E-state index in [-0.39, 0.29) is 0 Å². The Morgan fingerprint density at radius 1 is 1.10 bits per heavy atom. The van der Waals surface area contributed by atoms with Crippen LogP contribution in [0.15, 0.2) is 35.3 Å². The number of hydrogen-bond acceptors (Lipinski definition) is 4. The lowest BCUT2D eigenvalue weighted by Crippen LogP contribution is -2.54. The minimum Gasteiger partial charge on any atom is -0.391 e. The summed E-state index contributed by atoms with van der Waals surface area (Å²) in [7, 11) is -2.52. The van der Waals surface area contributed by atoms with Gasteiger partial charge in [-0.2, -0.15) is 0 Å². The van der Waals surface area contributed by atoms with Crippen LogP contribution in [-0.4, -0.2) is 34.4 Å². The van der Waals surface area contributed by atoms with Crippen molar-refractivity contribution < 1.29 is 13.6 Å². The molecule has 0 unspecified atom stereocenters. The zero-order valence-corrected chi connectivity index (χ0v) is 13.3. The minimum atomic E-state index is -2.52. The van der Waals surface area contributed by atoms with Gasteiger partial charge in [0, 0.05) is 19.3 Å². The molecule has 0 radical (unpaired) electrons. The van der Waals surface area contributed by atoms with Gasteiger partial charge in [-0.15, -0.1) is 0 Å². The van der Waals surface area contributed by atoms with Gasteiger partial charge in [-0.1, -0.05) is 44.2 Å². The SMILES string of the molecule is CCCO[Si](CCN=C=O)(OCCC)c1ccccc1. The molecule has 110 valence electrons. The number of carbonyl (C=O) groups excluding carboxylic acids is 1. The summed E-state index contributed by atoms with van der Waals surface area (Å²) in [6, 6.07) is 10.7. The molecule has 0 fully saturated rings. The number of aliphatic imine (C=N–C) groups is 1. The van der Waals surface area contributed by atoms with Gasteiger partial charge in [-0.05, 0) is 18.0 Å². The van der Waals surface area contributed by atoms with E-state index < -0.39 is 8.56 Å². The third kappa shape index (κ3) is 5.02. The molecule has 0 aliphatic heterocycles. The van der Waals surface area contributed by atoms with Crippen molar-refractivity contribution in [3.8, 4) is 0 Å². The zero-order valence-electron chi connectivity index (χ0n) is 12.3. The normalized spacial score (nSPS) is 11.1. The minimum absolute atomic E-state index is 0.401. The van der Waals surface area contributed by atoms with Gasteiger partial charge in [-0.3, -0.25) is 0 Å². The summed E-state index contributed by atoms with van der Waals surface area (Å²) in [5.74, 6) is 0. The Kier molecular flexibility index (Phi) is 8.07. The van der Waals surface area contributed by atoms with Gasteiger partial charge in [-0.25, -0.2) is 9.79 Å². The molecule has 0 saturated heterocycles. The highest BCUT2D eigenvalue weighted by Crippen LogP contribution is 2.16. The molecular weight excluding hydrogens is 270 g/mol. The van der Waals surface area contributed by atoms with E-state index in [0.717, 1.165) is 18.0 Å². The fourth-order valence-corrected chi connectivity index (χ4v) is 5.14. The second-order valence-corrected chi connectivity index (χ2v) is 7.70. The van der Waals surface area contributed by atoms with E-state index in [1.54, 1.807) is 6.08 Å². The van der Waals surface area contributed by atoms with E-state index >= 15 is 0 Å². The monoisotopic (exact) mass is 293 g/mol. The second-order valence-electron chi connectivity index (χ2n) is 4.54. The number of benzene rings is 1. The Morgan fingerprint density at radius 3 is 2.20 bits per heavy atom. The molecule has 0 heterocycles. The molecule has 5 heteroatoms. The molecule has 4 nitrogen and oxygen atoms in total. The summed E-state index contributed by atoms with van der Waals surface area (Å²) in [6.07, 6.45) is 3.47. The van der Waals surface area contributed by atoms with E-state index in [0.29, 0.717) is 25.8 Å². The van der Waals surface area contributed by atoms with Gasteiger partial charge >= 0.3 is 8.56 Å². The van der Waals surface area contributed by atoms with Crippen molar-refractivity contribution in [1.82, 2.24) is 0 Å². The first kappa shape index (κ1) is 16.8. The molecule has 0 amide bonds. The smallest absolute Gasteiger partial charge is 0.374 e.